The van der Waals surface area contributed by atoms with Crippen LogP contribution in [-0.4, -0.2) is 18.0 Å². The Balaban J connectivity index is 0.000000278. The van der Waals surface area contributed by atoms with Crippen LogP contribution in [0.4, 0.5) is 5.69 Å². The van der Waals surface area contributed by atoms with Crippen LogP contribution in [0.3, 0.4) is 0 Å². The molecule has 0 saturated heterocycles. The first-order chi connectivity index (χ1) is 14.1. The first-order valence-corrected chi connectivity index (χ1v) is 9.82. The highest BCUT2D eigenvalue weighted by molar-refractivity contribution is 5.42. The van der Waals surface area contributed by atoms with Gasteiger partial charge in [0, 0.05) is 18.2 Å². The van der Waals surface area contributed by atoms with Gasteiger partial charge in [0.15, 0.2) is 0 Å². The van der Waals surface area contributed by atoms with E-state index in [4.69, 9.17) is 5.73 Å². The Bertz CT molecular complexity index is 868. The molecule has 0 spiro atoms. The van der Waals surface area contributed by atoms with Crippen LogP contribution in [-0.2, 0) is 19.4 Å². The highest BCUT2D eigenvalue weighted by Crippen LogP contribution is 2.19. The first kappa shape index (κ1) is 22.3. The number of nitrogens with two attached hydrogens (primary N) is 1. The van der Waals surface area contributed by atoms with Crippen molar-refractivity contribution in [1.29, 1.82) is 0 Å². The molecule has 0 aliphatic heterocycles. The normalized spacial score (nSPS) is 10.1. The van der Waals surface area contributed by atoms with E-state index in [0.29, 0.717) is 6.54 Å². The molecule has 29 heavy (non-hydrogen) atoms. The van der Waals surface area contributed by atoms with Crippen molar-refractivity contribution in [3.8, 4) is 0 Å². The fraction of sp³-hybridized carbons (Fsp3) is 0.250. The first-order valence-electron chi connectivity index (χ1n) is 9.82. The largest absolute Gasteiger partial charge is 0.330 e. The molecule has 3 N–H and O–H groups in total. The zero-order chi connectivity index (χ0) is 20.9. The van der Waals surface area contributed by atoms with Crippen LogP contribution in [0, 0.1) is 17.0 Å². The predicted molar refractivity (Wildman–Crippen MR) is 119 cm³/mol. The lowest BCUT2D eigenvalue weighted by atomic mass is 10.1. The van der Waals surface area contributed by atoms with Crippen LogP contribution >= 0.6 is 0 Å². The highest BCUT2D eigenvalue weighted by Gasteiger charge is 2.12. The van der Waals surface area contributed by atoms with E-state index in [9.17, 15) is 10.1 Å². The molecule has 5 heteroatoms. The van der Waals surface area contributed by atoms with Crippen molar-refractivity contribution < 1.29 is 4.92 Å². The van der Waals surface area contributed by atoms with Crippen molar-refractivity contribution in [2.24, 2.45) is 5.73 Å². The Morgan fingerprint density at radius 3 is 2.03 bits per heavy atom. The van der Waals surface area contributed by atoms with Crippen molar-refractivity contribution in [2.75, 3.05) is 13.1 Å². The molecule has 3 rings (SSSR count). The molecule has 0 aliphatic carbocycles. The number of nitro groups is 1. The summed E-state index contributed by atoms with van der Waals surface area (Å²) in [5.74, 6) is 0. The van der Waals surface area contributed by atoms with Crippen molar-refractivity contribution in [1.82, 2.24) is 5.32 Å². The van der Waals surface area contributed by atoms with Crippen LogP contribution in [0.5, 0.6) is 0 Å². The van der Waals surface area contributed by atoms with Gasteiger partial charge in [0.2, 0.25) is 0 Å². The molecular weight excluding hydrogens is 362 g/mol. The molecule has 0 heterocycles. The second-order valence-electron chi connectivity index (χ2n) is 6.83. The number of rotatable bonds is 8. The lowest BCUT2D eigenvalue weighted by Crippen LogP contribution is -2.17. The van der Waals surface area contributed by atoms with Crippen LogP contribution in [0.15, 0.2) is 78.9 Å². The van der Waals surface area contributed by atoms with Gasteiger partial charge in [-0.15, -0.1) is 0 Å². The highest BCUT2D eigenvalue weighted by atomic mass is 16.6. The number of nitro benzene ring substituents is 1. The summed E-state index contributed by atoms with van der Waals surface area (Å²) in [5, 5.41) is 14.2. The van der Waals surface area contributed by atoms with Gasteiger partial charge in [-0.3, -0.25) is 10.1 Å². The fourth-order valence-corrected chi connectivity index (χ4v) is 2.95. The Morgan fingerprint density at radius 2 is 1.48 bits per heavy atom. The molecule has 152 valence electrons. The van der Waals surface area contributed by atoms with Crippen molar-refractivity contribution in [3.05, 3.63) is 111 Å². The minimum absolute atomic E-state index is 0.183. The third-order valence-electron chi connectivity index (χ3n) is 4.46. The average molecular weight is 392 g/mol. The van der Waals surface area contributed by atoms with E-state index in [1.165, 1.54) is 11.1 Å². The Hall–Kier alpha value is -3.02. The standard InChI is InChI=1S/C16H18N2O2.C8H11N/c1-13-7-8-16(18(19)20)15(11-13)12-17-10-9-14-5-3-2-4-6-14;9-7-6-8-4-2-1-3-5-8/h2-8,11,17H,9-10,12H2,1H3;1-5H,6-7,9H2. The van der Waals surface area contributed by atoms with Gasteiger partial charge in [-0.25, -0.2) is 0 Å². The molecule has 0 aromatic heterocycles. The van der Waals surface area contributed by atoms with E-state index in [1.807, 2.05) is 49.4 Å². The molecular formula is C24H29N3O2. The predicted octanol–water partition coefficient (Wildman–Crippen LogP) is 4.42. The average Bonchev–Trinajstić information content (AvgIpc) is 2.73. The molecule has 0 bridgehead atoms. The maximum atomic E-state index is 11.0. The van der Waals surface area contributed by atoms with Crippen LogP contribution in [0.2, 0.25) is 0 Å². The van der Waals surface area contributed by atoms with Crippen LogP contribution in [0.1, 0.15) is 22.3 Å². The van der Waals surface area contributed by atoms with Gasteiger partial charge < -0.3 is 11.1 Å². The molecule has 0 saturated carbocycles. The van der Waals surface area contributed by atoms with E-state index in [0.717, 1.165) is 37.1 Å². The van der Waals surface area contributed by atoms with E-state index >= 15 is 0 Å². The lowest BCUT2D eigenvalue weighted by Gasteiger charge is -2.07. The van der Waals surface area contributed by atoms with Gasteiger partial charge in [-0.1, -0.05) is 72.3 Å². The van der Waals surface area contributed by atoms with Gasteiger partial charge in [0.05, 0.1) is 4.92 Å². The number of nitrogens with one attached hydrogen (secondary N) is 1. The monoisotopic (exact) mass is 391 g/mol. The topological polar surface area (TPSA) is 81.2 Å². The van der Waals surface area contributed by atoms with E-state index in [1.54, 1.807) is 12.1 Å². The van der Waals surface area contributed by atoms with Crippen molar-refractivity contribution in [3.63, 3.8) is 0 Å². The molecule has 0 amide bonds. The van der Waals surface area contributed by atoms with Gasteiger partial charge >= 0.3 is 0 Å². The van der Waals surface area contributed by atoms with Crippen molar-refractivity contribution in [2.45, 2.75) is 26.3 Å². The number of aryl methyl sites for hydroxylation is 1. The van der Waals surface area contributed by atoms with Gasteiger partial charge in [0.25, 0.3) is 5.69 Å². The Labute approximate surface area is 172 Å². The molecule has 0 atom stereocenters. The third kappa shape index (κ3) is 8.25. The summed E-state index contributed by atoms with van der Waals surface area (Å²) in [6.07, 6.45) is 1.90. The maximum Gasteiger partial charge on any atom is 0.273 e. The molecule has 0 radical (unpaired) electrons. The quantitative estimate of drug-likeness (QED) is 0.338. The lowest BCUT2D eigenvalue weighted by molar-refractivity contribution is -0.385. The van der Waals surface area contributed by atoms with E-state index in [-0.39, 0.29) is 10.6 Å². The minimum atomic E-state index is -0.326. The Morgan fingerprint density at radius 1 is 0.897 bits per heavy atom. The van der Waals surface area contributed by atoms with Gasteiger partial charge in [-0.2, -0.15) is 0 Å². The maximum absolute atomic E-state index is 11.0. The molecule has 0 aliphatic rings. The summed E-state index contributed by atoms with van der Waals surface area (Å²) in [7, 11) is 0. The second-order valence-corrected chi connectivity index (χ2v) is 6.83. The number of hydrogen-bond donors (Lipinski definition) is 2. The SMILES string of the molecule is Cc1ccc([N+](=O)[O-])c(CNCCc2ccccc2)c1.NCCc1ccccc1. The van der Waals surface area contributed by atoms with Gasteiger partial charge in [-0.05, 0) is 50.0 Å². The summed E-state index contributed by atoms with van der Waals surface area (Å²) < 4.78 is 0. The summed E-state index contributed by atoms with van der Waals surface area (Å²) in [4.78, 5) is 10.6. The fourth-order valence-electron chi connectivity index (χ4n) is 2.95. The summed E-state index contributed by atoms with van der Waals surface area (Å²) in [6, 6.07) is 25.7. The number of benzene rings is 3. The second kappa shape index (κ2) is 12.4. The summed E-state index contributed by atoms with van der Waals surface area (Å²) in [5.41, 5.74) is 9.90. The summed E-state index contributed by atoms with van der Waals surface area (Å²) in [6.45, 7) is 4.00. The van der Waals surface area contributed by atoms with Crippen LogP contribution in [0.25, 0.3) is 0 Å². The minimum Gasteiger partial charge on any atom is -0.330 e. The molecule has 3 aromatic carbocycles. The number of nitrogens with zero attached hydrogens (tertiary/aromatic N) is 1. The summed E-state index contributed by atoms with van der Waals surface area (Å²) >= 11 is 0. The molecule has 0 fully saturated rings. The smallest absolute Gasteiger partial charge is 0.273 e. The van der Waals surface area contributed by atoms with Gasteiger partial charge in [0.1, 0.15) is 0 Å². The number of hydrogen-bond acceptors (Lipinski definition) is 4. The molecule has 5 nitrogen and oxygen atoms in total. The molecule has 0 unspecified atom stereocenters. The zero-order valence-corrected chi connectivity index (χ0v) is 16.9. The molecule has 3 aromatic rings. The van der Waals surface area contributed by atoms with E-state index in [2.05, 4.69) is 29.6 Å². The Kier molecular flexibility index (Phi) is 9.55. The van der Waals surface area contributed by atoms with Crippen molar-refractivity contribution >= 4 is 5.69 Å². The zero-order valence-electron chi connectivity index (χ0n) is 16.9. The third-order valence-corrected chi connectivity index (χ3v) is 4.46. The van der Waals surface area contributed by atoms with E-state index < -0.39 is 0 Å². The van der Waals surface area contributed by atoms with Crippen LogP contribution < -0.4 is 11.1 Å².